The molecular formula is C23H21ClN2O2. The Hall–Kier alpha value is -2.82. The van der Waals surface area contributed by atoms with Crippen molar-refractivity contribution in [1.82, 2.24) is 0 Å². The van der Waals surface area contributed by atoms with Crippen LogP contribution in [0.15, 0.2) is 60.7 Å². The van der Waals surface area contributed by atoms with Gasteiger partial charge in [0.15, 0.2) is 0 Å². The van der Waals surface area contributed by atoms with Gasteiger partial charge in [0.05, 0.1) is 12.7 Å². The van der Waals surface area contributed by atoms with Gasteiger partial charge in [-0.3, -0.25) is 4.79 Å². The molecule has 0 aromatic heterocycles. The molecule has 3 N–H and O–H groups in total. The SMILES string of the molecule is COc1cccc(C(=O)Nc2ccc3c(c2)CC(N)C3)c1-c1ccc(Cl)cc1. The van der Waals surface area contributed by atoms with Gasteiger partial charge in [-0.25, -0.2) is 0 Å². The summed E-state index contributed by atoms with van der Waals surface area (Å²) in [4.78, 5) is 13.1. The topological polar surface area (TPSA) is 64.3 Å². The van der Waals surface area contributed by atoms with Crippen molar-refractivity contribution in [3.63, 3.8) is 0 Å². The van der Waals surface area contributed by atoms with E-state index in [0.717, 1.165) is 29.7 Å². The maximum absolute atomic E-state index is 13.1. The van der Waals surface area contributed by atoms with Gasteiger partial charge < -0.3 is 15.8 Å². The van der Waals surface area contributed by atoms with Crippen LogP contribution >= 0.6 is 11.6 Å². The van der Waals surface area contributed by atoms with Gasteiger partial charge in [0.25, 0.3) is 5.91 Å². The van der Waals surface area contributed by atoms with Crippen molar-refractivity contribution in [3.05, 3.63) is 82.4 Å². The highest BCUT2D eigenvalue weighted by Crippen LogP contribution is 2.34. The molecule has 3 aromatic rings. The molecule has 0 spiro atoms. The molecule has 142 valence electrons. The van der Waals surface area contributed by atoms with E-state index in [0.29, 0.717) is 16.3 Å². The molecule has 0 saturated carbocycles. The molecule has 5 heteroatoms. The van der Waals surface area contributed by atoms with Gasteiger partial charge in [-0.15, -0.1) is 0 Å². The number of anilines is 1. The molecular weight excluding hydrogens is 372 g/mol. The molecule has 0 fully saturated rings. The standard InChI is InChI=1S/C23H21ClN2O2/c1-28-21-4-2-3-20(22(21)14-5-8-17(24)9-6-14)23(27)26-19-10-7-15-11-18(25)12-16(15)13-19/h2-10,13,18H,11-12,25H2,1H3,(H,26,27). The second-order valence-corrected chi connectivity index (χ2v) is 7.43. The van der Waals surface area contributed by atoms with E-state index in [9.17, 15) is 4.79 Å². The number of hydrogen-bond donors (Lipinski definition) is 2. The molecule has 0 radical (unpaired) electrons. The van der Waals surface area contributed by atoms with Crippen molar-refractivity contribution >= 4 is 23.2 Å². The number of fused-ring (bicyclic) bond motifs is 1. The fraction of sp³-hybridized carbons (Fsp3) is 0.174. The van der Waals surface area contributed by atoms with Gasteiger partial charge in [0, 0.05) is 22.3 Å². The van der Waals surface area contributed by atoms with Crippen LogP contribution in [-0.4, -0.2) is 19.1 Å². The Morgan fingerprint density at radius 3 is 2.57 bits per heavy atom. The van der Waals surface area contributed by atoms with Crippen LogP contribution in [0.4, 0.5) is 5.69 Å². The van der Waals surface area contributed by atoms with Gasteiger partial charge in [-0.2, -0.15) is 0 Å². The summed E-state index contributed by atoms with van der Waals surface area (Å²) in [6.45, 7) is 0. The molecule has 1 unspecified atom stereocenters. The van der Waals surface area contributed by atoms with Gasteiger partial charge in [0.2, 0.25) is 0 Å². The average molecular weight is 393 g/mol. The molecule has 0 aliphatic heterocycles. The Kier molecular flexibility index (Phi) is 5.07. The zero-order valence-electron chi connectivity index (χ0n) is 15.5. The van der Waals surface area contributed by atoms with Crippen LogP contribution in [0.2, 0.25) is 5.02 Å². The van der Waals surface area contributed by atoms with Crippen molar-refractivity contribution in [2.24, 2.45) is 5.73 Å². The second kappa shape index (κ2) is 7.66. The number of ether oxygens (including phenoxy) is 1. The van der Waals surface area contributed by atoms with Crippen LogP contribution in [0.1, 0.15) is 21.5 Å². The van der Waals surface area contributed by atoms with E-state index in [-0.39, 0.29) is 11.9 Å². The molecule has 0 bridgehead atoms. The predicted octanol–water partition coefficient (Wildman–Crippen LogP) is 4.69. The quantitative estimate of drug-likeness (QED) is 0.676. The molecule has 0 heterocycles. The largest absolute Gasteiger partial charge is 0.496 e. The van der Waals surface area contributed by atoms with Crippen molar-refractivity contribution in [3.8, 4) is 16.9 Å². The Bertz CT molecular complexity index is 1030. The number of amides is 1. The highest BCUT2D eigenvalue weighted by Gasteiger charge is 2.20. The Balaban J connectivity index is 1.68. The first-order valence-electron chi connectivity index (χ1n) is 9.17. The summed E-state index contributed by atoms with van der Waals surface area (Å²) in [5.41, 5.74) is 11.4. The molecule has 4 nitrogen and oxygen atoms in total. The Labute approximate surface area is 169 Å². The lowest BCUT2D eigenvalue weighted by molar-refractivity contribution is 0.102. The first-order chi connectivity index (χ1) is 13.5. The molecule has 4 rings (SSSR count). The van der Waals surface area contributed by atoms with E-state index in [1.165, 1.54) is 11.1 Å². The van der Waals surface area contributed by atoms with Gasteiger partial charge in [-0.1, -0.05) is 35.9 Å². The number of carbonyl (C=O) groups excluding carboxylic acids is 1. The lowest BCUT2D eigenvalue weighted by Crippen LogP contribution is -2.19. The zero-order valence-corrected chi connectivity index (χ0v) is 16.3. The van der Waals surface area contributed by atoms with E-state index in [1.54, 1.807) is 25.3 Å². The van der Waals surface area contributed by atoms with E-state index in [4.69, 9.17) is 22.1 Å². The second-order valence-electron chi connectivity index (χ2n) is 7.00. The predicted molar refractivity (Wildman–Crippen MR) is 113 cm³/mol. The lowest BCUT2D eigenvalue weighted by Gasteiger charge is -2.15. The first kappa shape index (κ1) is 18.5. The van der Waals surface area contributed by atoms with Gasteiger partial charge in [0.1, 0.15) is 5.75 Å². The number of hydrogen-bond acceptors (Lipinski definition) is 3. The molecule has 1 amide bonds. The van der Waals surface area contributed by atoms with Crippen molar-refractivity contribution in [2.75, 3.05) is 12.4 Å². The summed E-state index contributed by atoms with van der Waals surface area (Å²) in [6.07, 6.45) is 1.73. The summed E-state index contributed by atoms with van der Waals surface area (Å²) in [5, 5.41) is 3.65. The normalized spacial score (nSPS) is 15.2. The number of benzene rings is 3. The van der Waals surface area contributed by atoms with Crippen LogP contribution < -0.4 is 15.8 Å². The highest BCUT2D eigenvalue weighted by molar-refractivity contribution is 6.30. The maximum atomic E-state index is 13.1. The third-order valence-corrected chi connectivity index (χ3v) is 5.30. The van der Waals surface area contributed by atoms with E-state index < -0.39 is 0 Å². The van der Waals surface area contributed by atoms with Crippen LogP contribution in [0, 0.1) is 0 Å². The number of carbonyl (C=O) groups is 1. The summed E-state index contributed by atoms with van der Waals surface area (Å²) in [5.74, 6) is 0.445. The fourth-order valence-corrected chi connectivity index (χ4v) is 3.86. The summed E-state index contributed by atoms with van der Waals surface area (Å²) >= 11 is 6.02. The van der Waals surface area contributed by atoms with Gasteiger partial charge in [-0.05, 0) is 65.9 Å². The molecule has 28 heavy (non-hydrogen) atoms. The van der Waals surface area contributed by atoms with E-state index in [2.05, 4.69) is 5.32 Å². The van der Waals surface area contributed by atoms with Crippen molar-refractivity contribution in [2.45, 2.75) is 18.9 Å². The Morgan fingerprint density at radius 2 is 1.82 bits per heavy atom. The summed E-state index contributed by atoms with van der Waals surface area (Å²) in [7, 11) is 1.60. The minimum atomic E-state index is -0.189. The monoisotopic (exact) mass is 392 g/mol. The number of nitrogens with two attached hydrogens (primary N) is 1. The van der Waals surface area contributed by atoms with Crippen LogP contribution in [-0.2, 0) is 12.8 Å². The number of halogens is 1. The lowest BCUT2D eigenvalue weighted by atomic mass is 9.97. The third kappa shape index (κ3) is 3.61. The Morgan fingerprint density at radius 1 is 1.07 bits per heavy atom. The molecule has 1 atom stereocenters. The van der Waals surface area contributed by atoms with Crippen molar-refractivity contribution in [1.29, 1.82) is 0 Å². The molecule has 0 saturated heterocycles. The minimum absolute atomic E-state index is 0.163. The third-order valence-electron chi connectivity index (χ3n) is 5.05. The zero-order chi connectivity index (χ0) is 19.7. The maximum Gasteiger partial charge on any atom is 0.256 e. The van der Waals surface area contributed by atoms with Gasteiger partial charge >= 0.3 is 0 Å². The number of methoxy groups -OCH3 is 1. The highest BCUT2D eigenvalue weighted by atomic mass is 35.5. The van der Waals surface area contributed by atoms with Crippen LogP contribution in [0.5, 0.6) is 5.75 Å². The minimum Gasteiger partial charge on any atom is -0.496 e. The number of nitrogens with one attached hydrogen (secondary N) is 1. The molecule has 3 aromatic carbocycles. The van der Waals surface area contributed by atoms with E-state index >= 15 is 0 Å². The average Bonchev–Trinajstić information content (AvgIpc) is 3.07. The van der Waals surface area contributed by atoms with Crippen molar-refractivity contribution < 1.29 is 9.53 Å². The van der Waals surface area contributed by atoms with Crippen LogP contribution in [0.25, 0.3) is 11.1 Å². The summed E-state index contributed by atoms with van der Waals surface area (Å²) < 4.78 is 5.52. The smallest absolute Gasteiger partial charge is 0.256 e. The fourth-order valence-electron chi connectivity index (χ4n) is 3.73. The first-order valence-corrected chi connectivity index (χ1v) is 9.54. The molecule has 1 aliphatic carbocycles. The number of rotatable bonds is 4. The van der Waals surface area contributed by atoms with E-state index in [1.807, 2.05) is 42.5 Å². The van der Waals surface area contributed by atoms with Crippen LogP contribution in [0.3, 0.4) is 0 Å². The molecule has 1 aliphatic rings. The summed E-state index contributed by atoms with van der Waals surface area (Å²) in [6, 6.07) is 19.0.